The van der Waals surface area contributed by atoms with Crippen LogP contribution >= 0.6 is 0 Å². The van der Waals surface area contributed by atoms with E-state index in [9.17, 15) is 0 Å². The summed E-state index contributed by atoms with van der Waals surface area (Å²) in [5, 5.41) is 0. The van der Waals surface area contributed by atoms with Crippen molar-refractivity contribution in [3.8, 4) is 0 Å². The molecule has 0 amide bonds. The Hall–Kier alpha value is -2.05. The van der Waals surface area contributed by atoms with Gasteiger partial charge in [0.2, 0.25) is 0 Å². The zero-order valence-corrected chi connectivity index (χ0v) is 35.5. The molecule has 1 saturated carbocycles. The molecule has 0 spiro atoms. The maximum atomic E-state index is 4.14. The average molecular weight is 628 g/mol. The van der Waals surface area contributed by atoms with Gasteiger partial charge >= 0.3 is 0 Å². The molecule has 0 aromatic heterocycles. The highest BCUT2D eigenvalue weighted by atomic mass is 14.4. The molecule has 0 bridgehead atoms. The van der Waals surface area contributed by atoms with Gasteiger partial charge in [-0.2, -0.15) is 0 Å². The number of rotatable bonds is 0. The third-order valence-electron chi connectivity index (χ3n) is 8.50. The van der Waals surface area contributed by atoms with Gasteiger partial charge in [-0.15, -0.1) is 0 Å². The number of allylic oxidation sites excluding steroid dienone is 4. The highest BCUT2D eigenvalue weighted by molar-refractivity contribution is 5.75. The quantitative estimate of drug-likeness (QED) is 0.185. The van der Waals surface area contributed by atoms with Crippen molar-refractivity contribution in [3.05, 3.63) is 73.4 Å². The zero-order chi connectivity index (χ0) is 37.0. The molecule has 1 fully saturated rings. The van der Waals surface area contributed by atoms with Crippen molar-refractivity contribution < 1.29 is 0 Å². The second kappa shape index (κ2) is 12.8. The molecule has 1 aliphatic rings. The van der Waals surface area contributed by atoms with Gasteiger partial charge in [0.05, 0.1) is 5.92 Å². The molecule has 0 heterocycles. The molecule has 0 aromatic rings. The fourth-order valence-corrected chi connectivity index (χ4v) is 7.81. The molecule has 258 valence electrons. The van der Waals surface area contributed by atoms with Gasteiger partial charge < -0.3 is 0 Å². The van der Waals surface area contributed by atoms with Crippen LogP contribution in [-0.2, 0) is 0 Å². The van der Waals surface area contributed by atoms with Crippen LogP contribution in [0.5, 0.6) is 0 Å². The van der Waals surface area contributed by atoms with Crippen LogP contribution in [0.2, 0.25) is 0 Å². The fraction of sp³-hybridized carbons (Fsp3) is 0.717. The molecule has 0 heteroatoms. The van der Waals surface area contributed by atoms with E-state index >= 15 is 0 Å². The van der Waals surface area contributed by atoms with Gasteiger partial charge in [-0.1, -0.05) is 178 Å². The monoisotopic (exact) mass is 628 g/mol. The van der Waals surface area contributed by atoms with E-state index < -0.39 is 0 Å². The summed E-state index contributed by atoms with van der Waals surface area (Å²) in [5.41, 5.74) is 25.8. The van der Waals surface area contributed by atoms with Crippen LogP contribution in [0.1, 0.15) is 173 Å². The Labute approximate surface area is 289 Å². The molecule has 0 aliphatic heterocycles. The van der Waals surface area contributed by atoms with E-state index in [1.165, 1.54) is 28.2 Å². The van der Waals surface area contributed by atoms with Crippen LogP contribution < -0.4 is 0 Å². The van der Waals surface area contributed by atoms with Gasteiger partial charge in [0, 0.05) is 11.1 Å². The Morgan fingerprint density at radius 1 is 0.304 bits per heavy atom. The summed E-state index contributed by atoms with van der Waals surface area (Å²) >= 11 is 0. The van der Waals surface area contributed by atoms with Crippen molar-refractivity contribution in [2.24, 2.45) is 43.3 Å². The summed E-state index contributed by atoms with van der Waals surface area (Å²) in [4.78, 5) is 0. The molecular weight excluding hydrogens is 553 g/mol. The largest absolute Gasteiger partial charge is 0.150 e. The second-order valence-electron chi connectivity index (χ2n) is 22.1. The summed E-state index contributed by atoms with van der Waals surface area (Å²) in [7, 11) is 0. The SMILES string of the molecule is C[C+]1C(=C=C(C(C)(C)C)C(C)(C)C)C(=C=C(C(C)(C)C)C(C)(C)C)C(=C=C(C(C)(C)C)C(C)(C)C)C1=C=C(C(C)(C)C)C(C)(C)C. The Kier molecular flexibility index (Phi) is 11.6. The summed E-state index contributed by atoms with van der Waals surface area (Å²) in [6.45, 7) is 58.0. The van der Waals surface area contributed by atoms with E-state index in [0.29, 0.717) is 0 Å². The second-order valence-corrected chi connectivity index (χ2v) is 22.1. The highest BCUT2D eigenvalue weighted by Crippen LogP contribution is 2.51. The minimum absolute atomic E-state index is 0.0524. The molecule has 46 heavy (non-hydrogen) atoms. The normalized spacial score (nSPS) is 15.8. The zero-order valence-electron chi connectivity index (χ0n) is 35.5. The van der Waals surface area contributed by atoms with E-state index in [1.54, 1.807) is 0 Å². The van der Waals surface area contributed by atoms with Gasteiger partial charge in [-0.05, 0) is 72.9 Å². The predicted octanol–water partition coefficient (Wildman–Crippen LogP) is 14.8. The maximum absolute atomic E-state index is 4.14. The van der Waals surface area contributed by atoms with Gasteiger partial charge in [-0.3, -0.25) is 0 Å². The molecule has 0 N–H and O–H groups in total. The molecular formula is C46H75+. The summed E-state index contributed by atoms with van der Waals surface area (Å²) in [6, 6.07) is 0. The first-order valence-corrected chi connectivity index (χ1v) is 17.8. The minimum atomic E-state index is -0.0686. The first-order valence-electron chi connectivity index (χ1n) is 17.8. The van der Waals surface area contributed by atoms with Gasteiger partial charge in [0.25, 0.3) is 0 Å². The van der Waals surface area contributed by atoms with E-state index in [2.05, 4.69) is 196 Å². The van der Waals surface area contributed by atoms with Crippen molar-refractivity contribution in [2.45, 2.75) is 173 Å². The first-order chi connectivity index (χ1) is 19.8. The standard InChI is InChI=1S/C46H75/c1-30-31(26-35(39(2,3)4)40(5,6)7)33(28-37(43(14,15)16)44(17,18)19)34(29-38(45(20,21)22)46(23,24)25)32(30)27-36(41(8,9)10)42(11,12)13/h1-25H3/q+1. The fourth-order valence-electron chi connectivity index (χ4n) is 7.81. The van der Waals surface area contributed by atoms with Gasteiger partial charge in [0.15, 0.2) is 0 Å². The lowest BCUT2D eigenvalue weighted by atomic mass is 9.71. The maximum Gasteiger partial charge on any atom is 0.150 e. The first kappa shape index (κ1) is 42.0. The van der Waals surface area contributed by atoms with Crippen molar-refractivity contribution in [3.63, 3.8) is 0 Å². The third kappa shape index (κ3) is 10.5. The van der Waals surface area contributed by atoms with E-state index in [1.807, 2.05) is 0 Å². The summed E-state index contributed by atoms with van der Waals surface area (Å²) in [5.74, 6) is 1.21. The molecule has 1 aliphatic carbocycles. The lowest BCUT2D eigenvalue weighted by Gasteiger charge is -2.32. The van der Waals surface area contributed by atoms with Crippen LogP contribution in [0.15, 0.2) is 67.5 Å². The Morgan fingerprint density at radius 3 is 0.609 bits per heavy atom. The van der Waals surface area contributed by atoms with Gasteiger partial charge in [-0.25, -0.2) is 0 Å². The molecule has 0 aromatic carbocycles. The highest BCUT2D eigenvalue weighted by Gasteiger charge is 2.45. The average Bonchev–Trinajstić information content (AvgIpc) is 2.95. The molecule has 0 radical (unpaired) electrons. The molecule has 0 atom stereocenters. The molecule has 1 rings (SSSR count). The van der Waals surface area contributed by atoms with Crippen LogP contribution in [-0.4, -0.2) is 0 Å². The van der Waals surface area contributed by atoms with Crippen molar-refractivity contribution >= 4 is 0 Å². The van der Waals surface area contributed by atoms with Crippen molar-refractivity contribution in [2.75, 3.05) is 0 Å². The van der Waals surface area contributed by atoms with Crippen LogP contribution in [0, 0.1) is 49.2 Å². The lowest BCUT2D eigenvalue weighted by Crippen LogP contribution is -2.22. The Morgan fingerprint density at radius 2 is 0.457 bits per heavy atom. The summed E-state index contributed by atoms with van der Waals surface area (Å²) < 4.78 is 0. The van der Waals surface area contributed by atoms with Crippen molar-refractivity contribution in [1.82, 2.24) is 0 Å². The minimum Gasteiger partial charge on any atom is -0.0595 e. The van der Waals surface area contributed by atoms with E-state index in [4.69, 9.17) is 0 Å². The van der Waals surface area contributed by atoms with E-state index in [0.717, 1.165) is 22.3 Å². The Balaban J connectivity index is 5.36. The van der Waals surface area contributed by atoms with Crippen LogP contribution in [0.4, 0.5) is 0 Å². The van der Waals surface area contributed by atoms with Crippen LogP contribution in [0.25, 0.3) is 0 Å². The van der Waals surface area contributed by atoms with Crippen LogP contribution in [0.3, 0.4) is 0 Å². The van der Waals surface area contributed by atoms with Crippen molar-refractivity contribution in [1.29, 1.82) is 0 Å². The summed E-state index contributed by atoms with van der Waals surface area (Å²) in [6.07, 6.45) is 0. The Bertz CT molecular complexity index is 1260. The molecule has 0 unspecified atom stereocenters. The topological polar surface area (TPSA) is 0 Å². The van der Waals surface area contributed by atoms with E-state index in [-0.39, 0.29) is 43.3 Å². The number of hydrogen-bond donors (Lipinski definition) is 0. The smallest absolute Gasteiger partial charge is 0.0595 e. The lowest BCUT2D eigenvalue weighted by molar-refractivity contribution is 0.362. The number of hydrogen-bond acceptors (Lipinski definition) is 0. The molecule has 0 saturated heterocycles. The third-order valence-corrected chi connectivity index (χ3v) is 8.50. The van der Waals surface area contributed by atoms with Gasteiger partial charge in [0.1, 0.15) is 22.3 Å². The molecule has 0 nitrogen and oxygen atoms in total. The predicted molar refractivity (Wildman–Crippen MR) is 207 cm³/mol.